The summed E-state index contributed by atoms with van der Waals surface area (Å²) in [4.78, 5) is 12.0. The molecule has 3 nitrogen and oxygen atoms in total. The van der Waals surface area contributed by atoms with Gasteiger partial charge in [-0.2, -0.15) is 11.8 Å². The van der Waals surface area contributed by atoms with Gasteiger partial charge < -0.3 is 10.1 Å². The van der Waals surface area contributed by atoms with Crippen molar-refractivity contribution in [2.45, 2.75) is 19.2 Å². The van der Waals surface area contributed by atoms with Gasteiger partial charge in [-0.05, 0) is 37.3 Å². The lowest BCUT2D eigenvalue weighted by atomic mass is 10.1. The fraction of sp³-hybridized carbons (Fsp3) is 0.500. The molecule has 1 heterocycles. The van der Waals surface area contributed by atoms with Crippen molar-refractivity contribution >= 4 is 35.0 Å². The highest BCUT2D eigenvalue weighted by Crippen LogP contribution is 2.27. The first-order valence-corrected chi connectivity index (χ1v) is 8.13. The predicted molar refractivity (Wildman–Crippen MR) is 81.2 cm³/mol. The zero-order valence-electron chi connectivity index (χ0n) is 10.9. The van der Waals surface area contributed by atoms with E-state index in [1.165, 1.54) is 0 Å². The molecule has 1 atom stereocenters. The largest absolute Gasteiger partial charge is 0.494 e. The Morgan fingerprint density at radius 1 is 1.58 bits per heavy atom. The van der Waals surface area contributed by atoms with Crippen LogP contribution in [0.2, 0.25) is 0 Å². The number of hydrogen-bond donors (Lipinski definition) is 1. The van der Waals surface area contributed by atoms with Gasteiger partial charge in [-0.1, -0.05) is 0 Å². The number of nitrogens with one attached hydrogen (secondary N) is 1. The molecule has 1 saturated heterocycles. The SMILES string of the molecule is CCOc1ccc(NC(=O)C2CCSC2)cc1CCl. The third-order valence-electron chi connectivity index (χ3n) is 3.07. The Balaban J connectivity index is 2.05. The smallest absolute Gasteiger partial charge is 0.228 e. The minimum atomic E-state index is 0.106. The van der Waals surface area contributed by atoms with Crippen LogP contribution in [-0.4, -0.2) is 24.0 Å². The lowest BCUT2D eigenvalue weighted by Gasteiger charge is -2.13. The van der Waals surface area contributed by atoms with Crippen LogP contribution in [0.25, 0.3) is 0 Å². The lowest BCUT2D eigenvalue weighted by Crippen LogP contribution is -2.22. The van der Waals surface area contributed by atoms with Gasteiger partial charge >= 0.3 is 0 Å². The van der Waals surface area contributed by atoms with E-state index >= 15 is 0 Å². The lowest BCUT2D eigenvalue weighted by molar-refractivity contribution is -0.119. The van der Waals surface area contributed by atoms with Crippen molar-refractivity contribution in [2.75, 3.05) is 23.4 Å². The average molecular weight is 300 g/mol. The quantitative estimate of drug-likeness (QED) is 0.846. The number of thioether (sulfide) groups is 1. The zero-order chi connectivity index (χ0) is 13.7. The highest BCUT2D eigenvalue weighted by Gasteiger charge is 2.23. The maximum atomic E-state index is 12.0. The standard InChI is InChI=1S/C14H18ClNO2S/c1-2-18-13-4-3-12(7-11(13)8-15)16-14(17)10-5-6-19-9-10/h3-4,7,10H,2,5-6,8-9H2,1H3,(H,16,17). The molecular weight excluding hydrogens is 282 g/mol. The highest BCUT2D eigenvalue weighted by atomic mass is 35.5. The predicted octanol–water partition coefficient (Wildman–Crippen LogP) is 3.52. The summed E-state index contributed by atoms with van der Waals surface area (Å²) in [6.07, 6.45) is 0.968. The Labute approximate surface area is 123 Å². The minimum absolute atomic E-state index is 0.106. The van der Waals surface area contributed by atoms with Crippen molar-refractivity contribution in [1.82, 2.24) is 0 Å². The fourth-order valence-electron chi connectivity index (χ4n) is 2.04. The topological polar surface area (TPSA) is 38.3 Å². The van der Waals surface area contributed by atoms with Crippen LogP contribution in [0.3, 0.4) is 0 Å². The molecule has 0 aromatic heterocycles. The van der Waals surface area contributed by atoms with Crippen LogP contribution in [0.15, 0.2) is 18.2 Å². The van der Waals surface area contributed by atoms with Gasteiger partial charge in [-0.15, -0.1) is 11.6 Å². The molecule has 1 aromatic rings. The van der Waals surface area contributed by atoms with Gasteiger partial charge in [0, 0.05) is 22.9 Å². The summed E-state index contributed by atoms with van der Waals surface area (Å²) in [6.45, 7) is 2.54. The second-order valence-corrected chi connectivity index (χ2v) is 5.86. The Morgan fingerprint density at radius 3 is 3.05 bits per heavy atom. The van der Waals surface area contributed by atoms with E-state index in [4.69, 9.17) is 16.3 Å². The van der Waals surface area contributed by atoms with Crippen LogP contribution in [-0.2, 0) is 10.7 Å². The van der Waals surface area contributed by atoms with Crippen molar-refractivity contribution in [3.8, 4) is 5.75 Å². The molecule has 0 aliphatic carbocycles. The molecule has 0 saturated carbocycles. The molecule has 0 bridgehead atoms. The molecule has 1 amide bonds. The molecule has 1 aliphatic heterocycles. The monoisotopic (exact) mass is 299 g/mol. The number of carbonyl (C=O) groups excluding carboxylic acids is 1. The van der Waals surface area contributed by atoms with E-state index in [2.05, 4.69) is 5.32 Å². The maximum Gasteiger partial charge on any atom is 0.228 e. The van der Waals surface area contributed by atoms with Crippen LogP contribution in [0.5, 0.6) is 5.75 Å². The van der Waals surface area contributed by atoms with Crippen molar-refractivity contribution in [2.24, 2.45) is 5.92 Å². The van der Waals surface area contributed by atoms with Gasteiger partial charge in [0.15, 0.2) is 0 Å². The Hall–Kier alpha value is -0.870. The summed E-state index contributed by atoms with van der Waals surface area (Å²) in [5.74, 6) is 3.40. The van der Waals surface area contributed by atoms with E-state index in [1.807, 2.05) is 36.9 Å². The number of carbonyl (C=O) groups is 1. The van der Waals surface area contributed by atoms with Crippen molar-refractivity contribution in [1.29, 1.82) is 0 Å². The summed E-state index contributed by atoms with van der Waals surface area (Å²) in [5.41, 5.74) is 1.70. The van der Waals surface area contributed by atoms with E-state index in [0.29, 0.717) is 12.5 Å². The van der Waals surface area contributed by atoms with Crippen LogP contribution in [0, 0.1) is 5.92 Å². The summed E-state index contributed by atoms with van der Waals surface area (Å²) < 4.78 is 5.49. The molecule has 0 radical (unpaired) electrons. The summed E-state index contributed by atoms with van der Waals surface area (Å²) in [7, 11) is 0. The highest BCUT2D eigenvalue weighted by molar-refractivity contribution is 7.99. The Bertz CT molecular complexity index is 447. The number of rotatable bonds is 5. The third kappa shape index (κ3) is 3.80. The van der Waals surface area contributed by atoms with Crippen LogP contribution in [0.1, 0.15) is 18.9 Å². The van der Waals surface area contributed by atoms with E-state index in [0.717, 1.165) is 34.9 Å². The number of amides is 1. The molecule has 0 spiro atoms. The number of hydrogen-bond acceptors (Lipinski definition) is 3. The minimum Gasteiger partial charge on any atom is -0.494 e. The molecule has 1 N–H and O–H groups in total. The van der Waals surface area contributed by atoms with Crippen LogP contribution in [0.4, 0.5) is 5.69 Å². The molecular formula is C14H18ClNO2S. The van der Waals surface area contributed by atoms with Crippen molar-refractivity contribution in [3.05, 3.63) is 23.8 Å². The van der Waals surface area contributed by atoms with E-state index < -0.39 is 0 Å². The third-order valence-corrected chi connectivity index (χ3v) is 4.52. The Kier molecular flexibility index (Phi) is 5.40. The van der Waals surface area contributed by atoms with Crippen LogP contribution >= 0.6 is 23.4 Å². The van der Waals surface area contributed by atoms with Gasteiger partial charge in [0.05, 0.1) is 12.5 Å². The number of alkyl halides is 1. The molecule has 1 aliphatic rings. The number of benzene rings is 1. The number of anilines is 1. The summed E-state index contributed by atoms with van der Waals surface area (Å²) in [5, 5.41) is 2.96. The molecule has 1 unspecified atom stereocenters. The molecule has 104 valence electrons. The van der Waals surface area contributed by atoms with Gasteiger partial charge in [-0.25, -0.2) is 0 Å². The first kappa shape index (κ1) is 14.5. The van der Waals surface area contributed by atoms with Gasteiger partial charge in [0.1, 0.15) is 5.75 Å². The van der Waals surface area contributed by atoms with Crippen molar-refractivity contribution in [3.63, 3.8) is 0 Å². The van der Waals surface area contributed by atoms with Gasteiger partial charge in [0.2, 0.25) is 5.91 Å². The molecule has 19 heavy (non-hydrogen) atoms. The normalized spacial score (nSPS) is 18.3. The van der Waals surface area contributed by atoms with Crippen molar-refractivity contribution < 1.29 is 9.53 Å². The molecule has 5 heteroatoms. The Morgan fingerprint density at radius 2 is 2.42 bits per heavy atom. The molecule has 1 aromatic carbocycles. The van der Waals surface area contributed by atoms with E-state index in [1.54, 1.807) is 0 Å². The maximum absolute atomic E-state index is 12.0. The van der Waals surface area contributed by atoms with Gasteiger partial charge in [0.25, 0.3) is 0 Å². The van der Waals surface area contributed by atoms with E-state index in [-0.39, 0.29) is 11.8 Å². The number of ether oxygens (including phenoxy) is 1. The second kappa shape index (κ2) is 7.06. The summed E-state index contributed by atoms with van der Waals surface area (Å²) >= 11 is 7.74. The first-order chi connectivity index (χ1) is 9.24. The average Bonchev–Trinajstić information content (AvgIpc) is 2.94. The van der Waals surface area contributed by atoms with Gasteiger partial charge in [-0.3, -0.25) is 4.79 Å². The van der Waals surface area contributed by atoms with Crippen LogP contribution < -0.4 is 10.1 Å². The zero-order valence-corrected chi connectivity index (χ0v) is 12.5. The second-order valence-electron chi connectivity index (χ2n) is 4.44. The first-order valence-electron chi connectivity index (χ1n) is 6.45. The molecule has 1 fully saturated rings. The number of halogens is 1. The molecule has 2 rings (SSSR count). The van der Waals surface area contributed by atoms with E-state index in [9.17, 15) is 4.79 Å². The summed E-state index contributed by atoms with van der Waals surface area (Å²) in [6, 6.07) is 5.61. The fourth-order valence-corrected chi connectivity index (χ4v) is 3.47.